The molecule has 3 rings (SSSR count). The quantitative estimate of drug-likeness (QED) is 0.568. The molecule has 1 amide bonds. The Morgan fingerprint density at radius 2 is 1.68 bits per heavy atom. The first-order valence-corrected chi connectivity index (χ1v) is 10.5. The summed E-state index contributed by atoms with van der Waals surface area (Å²) in [6.45, 7) is 2.20. The van der Waals surface area contributed by atoms with Crippen molar-refractivity contribution >= 4 is 17.8 Å². The molecule has 3 atom stereocenters. The lowest BCUT2D eigenvalue weighted by Crippen LogP contribution is -2.50. The lowest BCUT2D eigenvalue weighted by molar-refractivity contribution is -0.146. The zero-order valence-electron chi connectivity index (χ0n) is 17.6. The van der Waals surface area contributed by atoms with Crippen LogP contribution in [-0.2, 0) is 36.9 Å². The average Bonchev–Trinajstić information content (AvgIpc) is 3.12. The van der Waals surface area contributed by atoms with E-state index in [9.17, 15) is 14.4 Å². The van der Waals surface area contributed by atoms with Crippen molar-refractivity contribution in [3.63, 3.8) is 0 Å². The summed E-state index contributed by atoms with van der Waals surface area (Å²) in [5.41, 5.74) is 1.87. The van der Waals surface area contributed by atoms with Crippen LogP contribution in [0, 0.1) is 0 Å². The van der Waals surface area contributed by atoms with E-state index in [1.807, 2.05) is 60.7 Å². The van der Waals surface area contributed by atoms with Crippen molar-refractivity contribution in [2.75, 3.05) is 6.61 Å². The van der Waals surface area contributed by atoms with Gasteiger partial charge in [0.15, 0.2) is 0 Å². The van der Waals surface area contributed by atoms with Crippen molar-refractivity contribution in [3.05, 3.63) is 71.8 Å². The minimum absolute atomic E-state index is 0.0249. The molecule has 0 saturated carbocycles. The molecule has 2 N–H and O–H groups in total. The van der Waals surface area contributed by atoms with Gasteiger partial charge in [-0.05, 0) is 24.5 Å². The summed E-state index contributed by atoms with van der Waals surface area (Å²) in [6.07, 6.45) is 0.633. The number of benzene rings is 2. The molecule has 0 radical (unpaired) electrons. The molecule has 2 aromatic carbocycles. The fourth-order valence-corrected chi connectivity index (χ4v) is 3.61. The third kappa shape index (κ3) is 6.93. The number of ether oxygens (including phenoxy) is 2. The molecule has 1 fully saturated rings. The highest BCUT2D eigenvalue weighted by Gasteiger charge is 2.37. The number of rotatable bonds is 10. The van der Waals surface area contributed by atoms with Gasteiger partial charge in [0.05, 0.1) is 19.1 Å². The Morgan fingerprint density at radius 1 is 1.03 bits per heavy atom. The fourth-order valence-electron chi connectivity index (χ4n) is 3.61. The molecular formula is C24H28N2O5. The normalized spacial score (nSPS) is 18.8. The molecule has 164 valence electrons. The van der Waals surface area contributed by atoms with Crippen LogP contribution in [-0.4, -0.2) is 42.6 Å². The van der Waals surface area contributed by atoms with Crippen molar-refractivity contribution in [2.45, 2.75) is 50.9 Å². The maximum Gasteiger partial charge on any atom is 0.323 e. The molecular weight excluding hydrogens is 396 g/mol. The molecule has 0 aliphatic carbocycles. The van der Waals surface area contributed by atoms with Crippen LogP contribution in [0.5, 0.6) is 0 Å². The summed E-state index contributed by atoms with van der Waals surface area (Å²) >= 11 is 0. The number of amides is 1. The zero-order chi connectivity index (χ0) is 22.1. The first-order chi connectivity index (χ1) is 15.0. The van der Waals surface area contributed by atoms with Gasteiger partial charge in [-0.25, -0.2) is 0 Å². The Hall–Kier alpha value is -3.19. The van der Waals surface area contributed by atoms with Gasteiger partial charge < -0.3 is 14.8 Å². The highest BCUT2D eigenvalue weighted by molar-refractivity contribution is 5.82. The number of esters is 2. The lowest BCUT2D eigenvalue weighted by Gasteiger charge is -2.25. The highest BCUT2D eigenvalue weighted by atomic mass is 16.5. The molecule has 1 heterocycles. The van der Waals surface area contributed by atoms with Crippen LogP contribution in [0.1, 0.15) is 30.9 Å². The van der Waals surface area contributed by atoms with E-state index in [0.717, 1.165) is 11.1 Å². The highest BCUT2D eigenvalue weighted by Crippen LogP contribution is 2.16. The molecule has 1 aliphatic heterocycles. The summed E-state index contributed by atoms with van der Waals surface area (Å²) < 4.78 is 10.6. The van der Waals surface area contributed by atoms with Crippen LogP contribution in [0.3, 0.4) is 0 Å². The molecule has 7 nitrogen and oxygen atoms in total. The molecule has 2 aromatic rings. The van der Waals surface area contributed by atoms with E-state index in [1.165, 1.54) is 0 Å². The first kappa shape index (κ1) is 22.5. The zero-order valence-corrected chi connectivity index (χ0v) is 17.6. The van der Waals surface area contributed by atoms with E-state index >= 15 is 0 Å². The predicted molar refractivity (Wildman–Crippen MR) is 115 cm³/mol. The molecule has 31 heavy (non-hydrogen) atoms. The second kappa shape index (κ2) is 11.3. The van der Waals surface area contributed by atoms with E-state index in [2.05, 4.69) is 10.6 Å². The number of hydrogen-bond acceptors (Lipinski definition) is 6. The molecule has 1 aliphatic rings. The topological polar surface area (TPSA) is 93.7 Å². The number of nitrogens with one attached hydrogen (secondary N) is 2. The molecule has 1 saturated heterocycles. The van der Waals surface area contributed by atoms with Gasteiger partial charge in [-0.3, -0.25) is 19.7 Å². The number of carbonyl (C=O) groups is 3. The second-order valence-corrected chi connectivity index (χ2v) is 7.50. The second-order valence-electron chi connectivity index (χ2n) is 7.50. The number of hydrogen-bond donors (Lipinski definition) is 2. The van der Waals surface area contributed by atoms with Crippen molar-refractivity contribution in [3.8, 4) is 0 Å². The third-order valence-corrected chi connectivity index (χ3v) is 5.14. The minimum Gasteiger partial charge on any atom is -0.465 e. The van der Waals surface area contributed by atoms with Gasteiger partial charge in [0, 0.05) is 12.5 Å². The van der Waals surface area contributed by atoms with Crippen LogP contribution >= 0.6 is 0 Å². The summed E-state index contributed by atoms with van der Waals surface area (Å²) in [4.78, 5) is 36.9. The standard InChI is InChI=1S/C24H28N2O5/c1-2-30-24(29)21(13-17-9-5-3-6-10-17)25-19-14-22(27)26-20(19)15-23(28)31-16-18-11-7-4-8-12-18/h3-12,19-21,25H,2,13-16H2,1H3,(H,26,27)/t19-,20+,21-/m0/s1. The smallest absolute Gasteiger partial charge is 0.323 e. The maximum atomic E-state index is 12.5. The Kier molecular flexibility index (Phi) is 8.18. The van der Waals surface area contributed by atoms with Gasteiger partial charge in [0.2, 0.25) is 5.91 Å². The van der Waals surface area contributed by atoms with Crippen LogP contribution in [0.25, 0.3) is 0 Å². The van der Waals surface area contributed by atoms with E-state index < -0.39 is 18.1 Å². The van der Waals surface area contributed by atoms with Crippen LogP contribution < -0.4 is 10.6 Å². The Bertz CT molecular complexity index is 872. The van der Waals surface area contributed by atoms with Gasteiger partial charge in [-0.1, -0.05) is 60.7 Å². The van der Waals surface area contributed by atoms with Gasteiger partial charge in [0.25, 0.3) is 0 Å². The fraction of sp³-hybridized carbons (Fsp3) is 0.375. The van der Waals surface area contributed by atoms with Crippen molar-refractivity contribution in [2.24, 2.45) is 0 Å². The molecule has 0 spiro atoms. The monoisotopic (exact) mass is 424 g/mol. The van der Waals surface area contributed by atoms with Gasteiger partial charge >= 0.3 is 11.9 Å². The SMILES string of the molecule is CCOC(=O)[C@H](Cc1ccccc1)N[C@H]1CC(=O)N[C@@H]1CC(=O)OCc1ccccc1. The summed E-state index contributed by atoms with van der Waals surface area (Å²) in [5, 5.41) is 6.06. The van der Waals surface area contributed by atoms with Crippen LogP contribution in [0.2, 0.25) is 0 Å². The third-order valence-electron chi connectivity index (χ3n) is 5.14. The lowest BCUT2D eigenvalue weighted by atomic mass is 10.0. The van der Waals surface area contributed by atoms with E-state index in [-0.39, 0.29) is 44.0 Å². The van der Waals surface area contributed by atoms with Crippen LogP contribution in [0.4, 0.5) is 0 Å². The van der Waals surface area contributed by atoms with Crippen molar-refractivity contribution < 1.29 is 23.9 Å². The predicted octanol–water partition coefficient (Wildman–Crippen LogP) is 2.14. The van der Waals surface area contributed by atoms with Gasteiger partial charge in [-0.15, -0.1) is 0 Å². The Balaban J connectivity index is 1.61. The Morgan fingerprint density at radius 3 is 2.32 bits per heavy atom. The van der Waals surface area contributed by atoms with Crippen molar-refractivity contribution in [1.29, 1.82) is 0 Å². The summed E-state index contributed by atoms with van der Waals surface area (Å²) in [6, 6.07) is 17.5. The Labute approximate surface area is 182 Å². The van der Waals surface area contributed by atoms with E-state index in [4.69, 9.17) is 9.47 Å². The first-order valence-electron chi connectivity index (χ1n) is 10.5. The van der Waals surface area contributed by atoms with E-state index in [0.29, 0.717) is 6.42 Å². The maximum absolute atomic E-state index is 12.5. The van der Waals surface area contributed by atoms with Crippen LogP contribution in [0.15, 0.2) is 60.7 Å². The average molecular weight is 424 g/mol. The molecule has 0 bridgehead atoms. The number of carbonyl (C=O) groups excluding carboxylic acids is 3. The molecule has 7 heteroatoms. The largest absolute Gasteiger partial charge is 0.465 e. The van der Waals surface area contributed by atoms with Gasteiger partial charge in [-0.2, -0.15) is 0 Å². The van der Waals surface area contributed by atoms with E-state index in [1.54, 1.807) is 6.92 Å². The molecule has 0 unspecified atom stereocenters. The molecule has 0 aromatic heterocycles. The van der Waals surface area contributed by atoms with Crippen molar-refractivity contribution in [1.82, 2.24) is 10.6 Å². The minimum atomic E-state index is -0.622. The van der Waals surface area contributed by atoms with Gasteiger partial charge in [0.1, 0.15) is 12.6 Å². The summed E-state index contributed by atoms with van der Waals surface area (Å²) in [5.74, 6) is -0.949. The summed E-state index contributed by atoms with van der Waals surface area (Å²) in [7, 11) is 0.